The smallest absolute Gasteiger partial charge is 0.404 e. The Hall–Kier alpha value is -1.92. The van der Waals surface area contributed by atoms with E-state index >= 15 is 0 Å². The van der Waals surface area contributed by atoms with E-state index in [4.69, 9.17) is 25.2 Å². The molecule has 0 aromatic heterocycles. The molecule has 2 aromatic carbocycles. The van der Waals surface area contributed by atoms with Gasteiger partial charge in [0.25, 0.3) is 5.69 Å². The second-order valence-corrected chi connectivity index (χ2v) is 7.04. The SMILES string of the molecule is O=[N+]([O-])c1ccc(O[P@@]2(=O)OCC[C@@H](c3cccc(Cl)c3)O2)cc1. The van der Waals surface area contributed by atoms with Crippen molar-refractivity contribution in [2.24, 2.45) is 0 Å². The molecule has 0 aliphatic carbocycles. The van der Waals surface area contributed by atoms with Gasteiger partial charge in [0.2, 0.25) is 0 Å². The molecule has 1 saturated heterocycles. The maximum Gasteiger partial charge on any atom is 0.530 e. The highest BCUT2D eigenvalue weighted by Gasteiger charge is 2.37. The average Bonchev–Trinajstić information content (AvgIpc) is 2.55. The summed E-state index contributed by atoms with van der Waals surface area (Å²) in [5.74, 6) is 0.163. The Bertz CT molecular complexity index is 797. The molecule has 7 nitrogen and oxygen atoms in total. The number of nitro benzene ring substituents is 1. The topological polar surface area (TPSA) is 87.9 Å². The minimum absolute atomic E-state index is 0.0945. The van der Waals surface area contributed by atoms with Crippen LogP contribution in [-0.2, 0) is 13.6 Å². The van der Waals surface area contributed by atoms with E-state index in [0.29, 0.717) is 11.4 Å². The van der Waals surface area contributed by atoms with Gasteiger partial charge >= 0.3 is 7.82 Å². The van der Waals surface area contributed by atoms with Gasteiger partial charge in [0.15, 0.2) is 0 Å². The van der Waals surface area contributed by atoms with Crippen LogP contribution in [0.2, 0.25) is 5.02 Å². The highest BCUT2D eigenvalue weighted by Crippen LogP contribution is 2.56. The molecule has 0 amide bonds. The van der Waals surface area contributed by atoms with Crippen LogP contribution in [0.4, 0.5) is 5.69 Å². The zero-order chi connectivity index (χ0) is 17.2. The third-order valence-electron chi connectivity index (χ3n) is 3.37. The van der Waals surface area contributed by atoms with Gasteiger partial charge in [-0.3, -0.25) is 19.2 Å². The van der Waals surface area contributed by atoms with Crippen LogP contribution in [0.3, 0.4) is 0 Å². The zero-order valence-electron chi connectivity index (χ0n) is 12.3. The fourth-order valence-electron chi connectivity index (χ4n) is 2.25. The highest BCUT2D eigenvalue weighted by molar-refractivity contribution is 7.49. The summed E-state index contributed by atoms with van der Waals surface area (Å²) < 4.78 is 28.7. The summed E-state index contributed by atoms with van der Waals surface area (Å²) in [6.07, 6.45) is 0.0369. The first-order valence-corrected chi connectivity index (χ1v) is 8.91. The van der Waals surface area contributed by atoms with E-state index in [1.807, 2.05) is 6.07 Å². The van der Waals surface area contributed by atoms with E-state index in [-0.39, 0.29) is 18.0 Å². The van der Waals surface area contributed by atoms with Crippen molar-refractivity contribution in [1.82, 2.24) is 0 Å². The average molecular weight is 370 g/mol. The molecule has 0 radical (unpaired) electrons. The summed E-state index contributed by atoms with van der Waals surface area (Å²) in [6, 6.07) is 12.2. The number of hydrogen-bond donors (Lipinski definition) is 0. The molecule has 1 aliphatic rings. The summed E-state index contributed by atoms with van der Waals surface area (Å²) >= 11 is 5.96. The molecule has 1 heterocycles. The van der Waals surface area contributed by atoms with Crippen molar-refractivity contribution in [3.8, 4) is 5.75 Å². The Morgan fingerprint density at radius 1 is 1.25 bits per heavy atom. The highest BCUT2D eigenvalue weighted by atomic mass is 35.5. The molecule has 0 unspecified atom stereocenters. The van der Waals surface area contributed by atoms with E-state index in [1.54, 1.807) is 18.2 Å². The molecule has 3 rings (SSSR count). The van der Waals surface area contributed by atoms with Gasteiger partial charge in [0.1, 0.15) is 5.75 Å². The number of nitro groups is 1. The Kier molecular flexibility index (Phi) is 4.87. The van der Waals surface area contributed by atoms with Gasteiger partial charge in [0.05, 0.1) is 17.6 Å². The fourth-order valence-corrected chi connectivity index (χ4v) is 3.85. The van der Waals surface area contributed by atoms with Crippen LogP contribution in [-0.4, -0.2) is 11.5 Å². The van der Waals surface area contributed by atoms with E-state index in [9.17, 15) is 14.7 Å². The molecule has 1 aliphatic heterocycles. The minimum Gasteiger partial charge on any atom is -0.404 e. The van der Waals surface area contributed by atoms with Crippen molar-refractivity contribution < 1.29 is 23.1 Å². The molecular weight excluding hydrogens is 357 g/mol. The predicted molar refractivity (Wildman–Crippen MR) is 87.2 cm³/mol. The van der Waals surface area contributed by atoms with Gasteiger partial charge in [0, 0.05) is 23.6 Å². The molecule has 2 atom stereocenters. The van der Waals surface area contributed by atoms with Crippen LogP contribution in [0.5, 0.6) is 5.75 Å². The number of rotatable bonds is 4. The molecule has 0 N–H and O–H groups in total. The molecule has 2 aromatic rings. The van der Waals surface area contributed by atoms with Crippen LogP contribution in [0.15, 0.2) is 48.5 Å². The zero-order valence-corrected chi connectivity index (χ0v) is 14.0. The van der Waals surface area contributed by atoms with Gasteiger partial charge in [-0.2, -0.15) is 0 Å². The van der Waals surface area contributed by atoms with Crippen LogP contribution in [0.25, 0.3) is 0 Å². The third kappa shape index (κ3) is 3.94. The first-order chi connectivity index (χ1) is 11.5. The van der Waals surface area contributed by atoms with Gasteiger partial charge in [-0.25, -0.2) is 4.57 Å². The first-order valence-electron chi connectivity index (χ1n) is 7.08. The van der Waals surface area contributed by atoms with Crippen molar-refractivity contribution in [2.45, 2.75) is 12.5 Å². The van der Waals surface area contributed by atoms with Gasteiger partial charge in [-0.05, 0) is 29.8 Å². The van der Waals surface area contributed by atoms with Gasteiger partial charge in [-0.1, -0.05) is 23.7 Å². The lowest BCUT2D eigenvalue weighted by Gasteiger charge is -2.29. The summed E-state index contributed by atoms with van der Waals surface area (Å²) in [5.41, 5.74) is 0.682. The van der Waals surface area contributed by atoms with E-state index in [0.717, 1.165) is 5.56 Å². The molecule has 9 heteroatoms. The van der Waals surface area contributed by atoms with E-state index < -0.39 is 18.8 Å². The van der Waals surface area contributed by atoms with Crippen molar-refractivity contribution in [3.63, 3.8) is 0 Å². The number of phosphoric acid groups is 1. The normalized spacial score (nSPS) is 23.6. The van der Waals surface area contributed by atoms with Crippen LogP contribution in [0.1, 0.15) is 18.1 Å². The molecule has 0 spiro atoms. The number of benzene rings is 2. The number of hydrogen-bond acceptors (Lipinski definition) is 6. The molecule has 0 saturated carbocycles. The number of non-ortho nitro benzene ring substituents is 1. The summed E-state index contributed by atoms with van der Waals surface area (Å²) in [7, 11) is -3.82. The summed E-state index contributed by atoms with van der Waals surface area (Å²) in [6.45, 7) is 0.196. The summed E-state index contributed by atoms with van der Waals surface area (Å²) in [4.78, 5) is 10.1. The molecule has 24 heavy (non-hydrogen) atoms. The first kappa shape index (κ1) is 16.9. The monoisotopic (exact) mass is 369 g/mol. The van der Waals surface area contributed by atoms with E-state index in [2.05, 4.69) is 0 Å². The molecule has 0 bridgehead atoms. The van der Waals surface area contributed by atoms with E-state index in [1.165, 1.54) is 24.3 Å². The van der Waals surface area contributed by atoms with Crippen molar-refractivity contribution >= 4 is 25.1 Å². The van der Waals surface area contributed by atoms with Crippen molar-refractivity contribution in [1.29, 1.82) is 0 Å². The largest absolute Gasteiger partial charge is 0.530 e. The lowest BCUT2D eigenvalue weighted by atomic mass is 10.1. The van der Waals surface area contributed by atoms with Crippen LogP contribution in [0, 0.1) is 10.1 Å². The standard InChI is InChI=1S/C15H13ClNO6P/c16-12-3-1-2-11(10-12)15-8-9-21-24(20,23-15)22-14-6-4-13(5-7-14)17(18)19/h1-7,10,15H,8-9H2/t15-,24+/m0/s1. The summed E-state index contributed by atoms with van der Waals surface area (Å²) in [5, 5.41) is 11.2. The second-order valence-electron chi connectivity index (χ2n) is 5.06. The number of phosphoric ester groups is 1. The predicted octanol–water partition coefficient (Wildman–Crippen LogP) is 4.91. The Morgan fingerprint density at radius 2 is 2.00 bits per heavy atom. The van der Waals surface area contributed by atoms with Crippen LogP contribution < -0.4 is 4.52 Å². The molecular formula is C15H13ClNO6P. The minimum atomic E-state index is -3.82. The van der Waals surface area contributed by atoms with Gasteiger partial charge < -0.3 is 4.52 Å². The molecule has 126 valence electrons. The van der Waals surface area contributed by atoms with Crippen molar-refractivity contribution in [3.05, 3.63) is 69.2 Å². The van der Waals surface area contributed by atoms with Crippen molar-refractivity contribution in [2.75, 3.05) is 6.61 Å². The molecule has 1 fully saturated rings. The van der Waals surface area contributed by atoms with Crippen LogP contribution >= 0.6 is 19.4 Å². The Morgan fingerprint density at radius 3 is 2.67 bits per heavy atom. The lowest BCUT2D eigenvalue weighted by Crippen LogP contribution is -2.16. The maximum absolute atomic E-state index is 12.7. The third-order valence-corrected chi connectivity index (χ3v) is 5.05. The fraction of sp³-hybridized carbons (Fsp3) is 0.200. The second kappa shape index (κ2) is 6.91. The Labute approximate surface area is 142 Å². The quantitative estimate of drug-likeness (QED) is 0.432. The van der Waals surface area contributed by atoms with Gasteiger partial charge in [-0.15, -0.1) is 0 Å². The Balaban J connectivity index is 1.75. The maximum atomic E-state index is 12.7. The number of nitrogens with zero attached hydrogens (tertiary/aromatic N) is 1. The number of halogens is 1. The lowest BCUT2D eigenvalue weighted by molar-refractivity contribution is -0.384.